The van der Waals surface area contributed by atoms with Gasteiger partial charge in [0.15, 0.2) is 0 Å². The van der Waals surface area contributed by atoms with Crippen molar-refractivity contribution in [2.45, 2.75) is 20.0 Å². The lowest BCUT2D eigenvalue weighted by Gasteiger charge is -2.07. The van der Waals surface area contributed by atoms with Crippen LogP contribution in [0.5, 0.6) is 0 Å². The van der Waals surface area contributed by atoms with Crippen LogP contribution in [0.1, 0.15) is 25.5 Å². The van der Waals surface area contributed by atoms with Crippen molar-refractivity contribution in [3.63, 3.8) is 0 Å². The van der Waals surface area contributed by atoms with Gasteiger partial charge in [-0.1, -0.05) is 42.0 Å². The summed E-state index contributed by atoms with van der Waals surface area (Å²) >= 11 is 0. The third kappa shape index (κ3) is 2.63. The van der Waals surface area contributed by atoms with Gasteiger partial charge in [0, 0.05) is 5.56 Å². The normalized spacial score (nSPS) is 12.2. The van der Waals surface area contributed by atoms with Crippen molar-refractivity contribution in [1.82, 2.24) is 10.2 Å². The van der Waals surface area contributed by atoms with Gasteiger partial charge in [-0.05, 0) is 19.4 Å². The molecule has 1 heterocycles. The standard InChI is InChI=1S/C14H16N2O/c1-10(2)8-13(17)12-9-15-16-14(12)11-6-4-3-5-7-11/h3-9,13,17H,1-2H3,(H,15,16). The van der Waals surface area contributed by atoms with Gasteiger partial charge in [-0.2, -0.15) is 5.10 Å². The summed E-state index contributed by atoms with van der Waals surface area (Å²) in [4.78, 5) is 0. The lowest BCUT2D eigenvalue weighted by atomic mass is 10.0. The van der Waals surface area contributed by atoms with E-state index < -0.39 is 6.10 Å². The number of allylic oxidation sites excluding steroid dienone is 1. The first kappa shape index (κ1) is 11.6. The highest BCUT2D eigenvalue weighted by Crippen LogP contribution is 2.26. The summed E-state index contributed by atoms with van der Waals surface area (Å²) in [5.41, 5.74) is 3.78. The number of aliphatic hydroxyl groups is 1. The molecule has 3 nitrogen and oxygen atoms in total. The number of aliphatic hydroxyl groups excluding tert-OH is 1. The Labute approximate surface area is 101 Å². The topological polar surface area (TPSA) is 48.9 Å². The molecule has 0 fully saturated rings. The fraction of sp³-hybridized carbons (Fsp3) is 0.214. The summed E-state index contributed by atoms with van der Waals surface area (Å²) in [7, 11) is 0. The van der Waals surface area contributed by atoms with Crippen molar-refractivity contribution in [3.05, 3.63) is 53.7 Å². The average Bonchev–Trinajstić information content (AvgIpc) is 2.78. The van der Waals surface area contributed by atoms with Crippen molar-refractivity contribution >= 4 is 0 Å². The van der Waals surface area contributed by atoms with Gasteiger partial charge in [0.25, 0.3) is 0 Å². The predicted molar refractivity (Wildman–Crippen MR) is 68.4 cm³/mol. The summed E-state index contributed by atoms with van der Waals surface area (Å²) < 4.78 is 0. The molecule has 0 bridgehead atoms. The molecule has 2 N–H and O–H groups in total. The van der Waals surface area contributed by atoms with Gasteiger partial charge in [0.1, 0.15) is 6.10 Å². The number of aromatic amines is 1. The van der Waals surface area contributed by atoms with Crippen LogP contribution in [0.3, 0.4) is 0 Å². The fourth-order valence-corrected chi connectivity index (χ4v) is 1.76. The van der Waals surface area contributed by atoms with Crippen LogP contribution in [0.4, 0.5) is 0 Å². The highest BCUT2D eigenvalue weighted by molar-refractivity contribution is 5.63. The zero-order valence-electron chi connectivity index (χ0n) is 10.0. The quantitative estimate of drug-likeness (QED) is 0.793. The van der Waals surface area contributed by atoms with Crippen molar-refractivity contribution in [1.29, 1.82) is 0 Å². The third-order valence-corrected chi connectivity index (χ3v) is 2.54. The molecule has 0 aliphatic heterocycles. The number of hydrogen-bond acceptors (Lipinski definition) is 2. The van der Waals surface area contributed by atoms with Gasteiger partial charge in [-0.25, -0.2) is 0 Å². The van der Waals surface area contributed by atoms with E-state index in [4.69, 9.17) is 0 Å². The van der Waals surface area contributed by atoms with E-state index in [-0.39, 0.29) is 0 Å². The Bertz CT molecular complexity index is 510. The smallest absolute Gasteiger partial charge is 0.101 e. The zero-order chi connectivity index (χ0) is 12.3. The van der Waals surface area contributed by atoms with E-state index in [0.29, 0.717) is 0 Å². The molecule has 0 amide bonds. The van der Waals surface area contributed by atoms with E-state index in [9.17, 15) is 5.11 Å². The second kappa shape index (κ2) is 4.97. The number of benzene rings is 1. The highest BCUT2D eigenvalue weighted by Gasteiger charge is 2.13. The number of nitrogens with zero attached hydrogens (tertiary/aromatic N) is 1. The summed E-state index contributed by atoms with van der Waals surface area (Å²) in [5.74, 6) is 0. The highest BCUT2D eigenvalue weighted by atomic mass is 16.3. The molecule has 2 rings (SSSR count). The predicted octanol–water partition coefficient (Wildman–Crippen LogP) is 3.08. The van der Waals surface area contributed by atoms with E-state index in [0.717, 1.165) is 22.4 Å². The molecule has 17 heavy (non-hydrogen) atoms. The lowest BCUT2D eigenvalue weighted by Crippen LogP contribution is -1.95. The maximum Gasteiger partial charge on any atom is 0.101 e. The number of H-pyrrole nitrogens is 1. The Morgan fingerprint density at radius 2 is 2.00 bits per heavy atom. The first-order chi connectivity index (χ1) is 8.18. The van der Waals surface area contributed by atoms with Crippen molar-refractivity contribution in [2.24, 2.45) is 0 Å². The number of aromatic nitrogens is 2. The molecule has 0 spiro atoms. The van der Waals surface area contributed by atoms with E-state index in [1.54, 1.807) is 6.20 Å². The van der Waals surface area contributed by atoms with Crippen LogP contribution in [0, 0.1) is 0 Å². The molecule has 0 aliphatic carbocycles. The summed E-state index contributed by atoms with van der Waals surface area (Å²) in [6, 6.07) is 9.88. The Hall–Kier alpha value is -1.87. The van der Waals surface area contributed by atoms with Gasteiger partial charge in [-0.3, -0.25) is 5.10 Å². The summed E-state index contributed by atoms with van der Waals surface area (Å²) in [5, 5.41) is 17.0. The molecular weight excluding hydrogens is 212 g/mol. The largest absolute Gasteiger partial charge is 0.384 e. The van der Waals surface area contributed by atoms with E-state index in [2.05, 4.69) is 10.2 Å². The zero-order valence-corrected chi connectivity index (χ0v) is 10.0. The van der Waals surface area contributed by atoms with Crippen LogP contribution in [-0.2, 0) is 0 Å². The molecule has 1 atom stereocenters. The maximum atomic E-state index is 10.1. The van der Waals surface area contributed by atoms with Crippen LogP contribution < -0.4 is 0 Å². The van der Waals surface area contributed by atoms with E-state index >= 15 is 0 Å². The van der Waals surface area contributed by atoms with Crippen LogP contribution in [0.15, 0.2) is 48.2 Å². The first-order valence-corrected chi connectivity index (χ1v) is 5.60. The molecule has 1 aromatic carbocycles. The molecule has 1 unspecified atom stereocenters. The van der Waals surface area contributed by atoms with Crippen molar-refractivity contribution in [2.75, 3.05) is 0 Å². The van der Waals surface area contributed by atoms with Crippen molar-refractivity contribution in [3.8, 4) is 11.3 Å². The Morgan fingerprint density at radius 1 is 1.29 bits per heavy atom. The van der Waals surface area contributed by atoms with Gasteiger partial charge in [0.05, 0.1) is 11.9 Å². The molecule has 3 heteroatoms. The molecule has 2 aromatic rings. The molecule has 0 saturated carbocycles. The Morgan fingerprint density at radius 3 is 2.65 bits per heavy atom. The third-order valence-electron chi connectivity index (χ3n) is 2.54. The number of rotatable bonds is 3. The van der Waals surface area contributed by atoms with Crippen LogP contribution in [0.2, 0.25) is 0 Å². The number of nitrogens with one attached hydrogen (secondary N) is 1. The van der Waals surface area contributed by atoms with E-state index in [1.807, 2.05) is 50.3 Å². The summed E-state index contributed by atoms with van der Waals surface area (Å²) in [6.07, 6.45) is 2.87. The first-order valence-electron chi connectivity index (χ1n) is 5.60. The maximum absolute atomic E-state index is 10.1. The SMILES string of the molecule is CC(C)=CC(O)c1cn[nH]c1-c1ccccc1. The van der Waals surface area contributed by atoms with Gasteiger partial charge in [0.2, 0.25) is 0 Å². The molecule has 0 radical (unpaired) electrons. The van der Waals surface area contributed by atoms with Gasteiger partial charge in [-0.15, -0.1) is 0 Å². The molecule has 88 valence electrons. The molecule has 0 saturated heterocycles. The van der Waals surface area contributed by atoms with Crippen LogP contribution in [0.25, 0.3) is 11.3 Å². The van der Waals surface area contributed by atoms with Crippen molar-refractivity contribution < 1.29 is 5.11 Å². The summed E-state index contributed by atoms with van der Waals surface area (Å²) in [6.45, 7) is 3.93. The van der Waals surface area contributed by atoms with E-state index in [1.165, 1.54) is 0 Å². The molecule has 0 aliphatic rings. The molecular formula is C14H16N2O. The minimum atomic E-state index is -0.617. The molecule has 1 aromatic heterocycles. The fourth-order valence-electron chi connectivity index (χ4n) is 1.76. The number of hydrogen-bond donors (Lipinski definition) is 2. The van der Waals surface area contributed by atoms with Crippen LogP contribution in [-0.4, -0.2) is 15.3 Å². The van der Waals surface area contributed by atoms with Gasteiger partial charge < -0.3 is 5.11 Å². The van der Waals surface area contributed by atoms with Gasteiger partial charge >= 0.3 is 0 Å². The van der Waals surface area contributed by atoms with Crippen LogP contribution >= 0.6 is 0 Å². The minimum absolute atomic E-state index is 0.617. The second-order valence-electron chi connectivity index (χ2n) is 4.26. The lowest BCUT2D eigenvalue weighted by molar-refractivity contribution is 0.228. The Kier molecular flexibility index (Phi) is 3.40. The average molecular weight is 228 g/mol. The monoisotopic (exact) mass is 228 g/mol. The second-order valence-corrected chi connectivity index (χ2v) is 4.26. The Balaban J connectivity index is 2.39. The minimum Gasteiger partial charge on any atom is -0.384 e.